The molecule has 1 amide bonds. The number of amides is 1. The van der Waals surface area contributed by atoms with E-state index in [-0.39, 0.29) is 0 Å². The molecular weight excluding hydrogens is 382 g/mol. The van der Waals surface area contributed by atoms with Gasteiger partial charge in [-0.2, -0.15) is 4.98 Å². The molecule has 7 nitrogen and oxygen atoms in total. The van der Waals surface area contributed by atoms with E-state index in [1.54, 1.807) is 6.92 Å². The fourth-order valence-electron chi connectivity index (χ4n) is 2.80. The summed E-state index contributed by atoms with van der Waals surface area (Å²) in [5, 5.41) is 6.65. The first kappa shape index (κ1) is 21.4. The molecule has 1 N–H and O–H groups in total. The van der Waals surface area contributed by atoms with Crippen LogP contribution in [0.2, 0.25) is 0 Å². The summed E-state index contributed by atoms with van der Waals surface area (Å²) in [6.07, 6.45) is -0.0639. The van der Waals surface area contributed by atoms with E-state index in [4.69, 9.17) is 14.0 Å². The van der Waals surface area contributed by atoms with Gasteiger partial charge in [0.15, 0.2) is 5.82 Å². The third-order valence-corrected chi connectivity index (χ3v) is 4.14. The van der Waals surface area contributed by atoms with Crippen LogP contribution >= 0.6 is 0 Å². The molecule has 1 heterocycles. The Morgan fingerprint density at radius 3 is 2.37 bits per heavy atom. The van der Waals surface area contributed by atoms with E-state index >= 15 is 0 Å². The first-order valence-corrected chi connectivity index (χ1v) is 9.84. The van der Waals surface area contributed by atoms with Gasteiger partial charge in [0.05, 0.1) is 0 Å². The summed E-state index contributed by atoms with van der Waals surface area (Å²) < 4.78 is 16.5. The smallest absolute Gasteiger partial charge is 0.408 e. The molecule has 2 aromatic carbocycles. The van der Waals surface area contributed by atoms with Crippen LogP contribution in [-0.2, 0) is 17.8 Å². The van der Waals surface area contributed by atoms with Crippen LogP contribution in [0.5, 0.6) is 5.75 Å². The molecule has 7 heteroatoms. The number of nitrogens with zero attached hydrogens (tertiary/aromatic N) is 2. The van der Waals surface area contributed by atoms with E-state index in [9.17, 15) is 4.79 Å². The highest BCUT2D eigenvalue weighted by Crippen LogP contribution is 2.21. The SMILES string of the molecule is Cc1noc(C(Cc2ccc(OCc3ccccc3)cc2)NC(=O)OC(C)(C)C)n1. The Morgan fingerprint density at radius 2 is 1.77 bits per heavy atom. The summed E-state index contributed by atoms with van der Waals surface area (Å²) in [5.41, 5.74) is 1.49. The minimum Gasteiger partial charge on any atom is -0.489 e. The molecule has 0 saturated carbocycles. The van der Waals surface area contributed by atoms with Gasteiger partial charge in [-0.15, -0.1) is 0 Å². The molecule has 1 unspecified atom stereocenters. The number of nitrogens with one attached hydrogen (secondary N) is 1. The zero-order chi connectivity index (χ0) is 21.6. The second-order valence-corrected chi connectivity index (χ2v) is 8.00. The highest BCUT2D eigenvalue weighted by Gasteiger charge is 2.24. The minimum atomic E-state index is -0.600. The van der Waals surface area contributed by atoms with Crippen molar-refractivity contribution in [2.75, 3.05) is 0 Å². The number of aryl methyl sites for hydroxylation is 1. The van der Waals surface area contributed by atoms with Crippen molar-refractivity contribution in [3.8, 4) is 5.75 Å². The average Bonchev–Trinajstić information content (AvgIpc) is 3.13. The second kappa shape index (κ2) is 9.43. The summed E-state index contributed by atoms with van der Waals surface area (Å²) in [7, 11) is 0. The molecule has 3 aromatic rings. The molecule has 158 valence electrons. The van der Waals surface area contributed by atoms with Gasteiger partial charge in [0.1, 0.15) is 24.0 Å². The zero-order valence-electron chi connectivity index (χ0n) is 17.7. The Labute approximate surface area is 176 Å². The maximum absolute atomic E-state index is 12.3. The highest BCUT2D eigenvalue weighted by atomic mass is 16.6. The van der Waals surface area contributed by atoms with Crippen molar-refractivity contribution in [3.05, 3.63) is 77.4 Å². The van der Waals surface area contributed by atoms with Gasteiger partial charge in [0, 0.05) is 6.42 Å². The number of carbonyl (C=O) groups excluding carboxylic acids is 1. The standard InChI is InChI=1S/C23H27N3O4/c1-16-24-21(30-26-16)20(25-22(27)29-23(2,3)4)14-17-10-12-19(13-11-17)28-15-18-8-6-5-7-9-18/h5-13,20H,14-15H2,1-4H3,(H,25,27). The molecule has 0 saturated heterocycles. The number of aromatic nitrogens is 2. The second-order valence-electron chi connectivity index (χ2n) is 8.00. The lowest BCUT2D eigenvalue weighted by molar-refractivity contribution is 0.0493. The Kier molecular flexibility index (Phi) is 6.72. The fraction of sp³-hybridized carbons (Fsp3) is 0.348. The monoisotopic (exact) mass is 409 g/mol. The van der Waals surface area contributed by atoms with Crippen LogP contribution in [0.3, 0.4) is 0 Å². The van der Waals surface area contributed by atoms with Gasteiger partial charge in [0.2, 0.25) is 5.89 Å². The molecular formula is C23H27N3O4. The number of ether oxygens (including phenoxy) is 2. The van der Waals surface area contributed by atoms with E-state index in [0.29, 0.717) is 24.7 Å². The Bertz CT molecular complexity index is 947. The molecule has 30 heavy (non-hydrogen) atoms. The van der Waals surface area contributed by atoms with Gasteiger partial charge < -0.3 is 19.3 Å². The summed E-state index contributed by atoms with van der Waals surface area (Å²) in [6.45, 7) is 7.67. The summed E-state index contributed by atoms with van der Waals surface area (Å²) in [5.74, 6) is 1.61. The lowest BCUT2D eigenvalue weighted by atomic mass is 10.1. The fourth-order valence-corrected chi connectivity index (χ4v) is 2.80. The van der Waals surface area contributed by atoms with Crippen molar-refractivity contribution in [3.63, 3.8) is 0 Å². The predicted octanol–water partition coefficient (Wildman–Crippen LogP) is 4.77. The molecule has 0 bridgehead atoms. The quantitative estimate of drug-likeness (QED) is 0.605. The van der Waals surface area contributed by atoms with Crippen LogP contribution < -0.4 is 10.1 Å². The molecule has 0 aliphatic rings. The molecule has 0 spiro atoms. The first-order valence-electron chi connectivity index (χ1n) is 9.84. The van der Waals surface area contributed by atoms with Crippen molar-refractivity contribution in [1.29, 1.82) is 0 Å². The van der Waals surface area contributed by atoms with E-state index in [1.807, 2.05) is 75.4 Å². The van der Waals surface area contributed by atoms with Crippen molar-refractivity contribution >= 4 is 6.09 Å². The zero-order valence-corrected chi connectivity index (χ0v) is 17.7. The van der Waals surface area contributed by atoms with Gasteiger partial charge in [-0.3, -0.25) is 0 Å². The normalized spacial score (nSPS) is 12.3. The molecule has 0 radical (unpaired) electrons. The van der Waals surface area contributed by atoms with E-state index < -0.39 is 17.7 Å². The largest absolute Gasteiger partial charge is 0.489 e. The van der Waals surface area contributed by atoms with Crippen LogP contribution in [-0.4, -0.2) is 21.8 Å². The number of rotatable bonds is 7. The van der Waals surface area contributed by atoms with Crippen molar-refractivity contribution in [1.82, 2.24) is 15.5 Å². The lowest BCUT2D eigenvalue weighted by Gasteiger charge is -2.22. The molecule has 0 aliphatic heterocycles. The van der Waals surface area contributed by atoms with Gasteiger partial charge >= 0.3 is 6.09 Å². The van der Waals surface area contributed by atoms with Crippen LogP contribution in [0.15, 0.2) is 59.1 Å². The van der Waals surface area contributed by atoms with Crippen molar-refractivity contribution in [2.45, 2.75) is 52.4 Å². The number of benzene rings is 2. The summed E-state index contributed by atoms with van der Waals surface area (Å²) >= 11 is 0. The van der Waals surface area contributed by atoms with Gasteiger partial charge in [-0.05, 0) is 51.0 Å². The van der Waals surface area contributed by atoms with E-state index in [2.05, 4.69) is 15.5 Å². The number of alkyl carbamates (subject to hydrolysis) is 1. The Hall–Kier alpha value is -3.35. The predicted molar refractivity (Wildman–Crippen MR) is 112 cm³/mol. The highest BCUT2D eigenvalue weighted by molar-refractivity contribution is 5.68. The summed E-state index contributed by atoms with van der Waals surface area (Å²) in [6, 6.07) is 17.2. The van der Waals surface area contributed by atoms with E-state index in [1.165, 1.54) is 0 Å². The van der Waals surface area contributed by atoms with Crippen LogP contribution in [0.25, 0.3) is 0 Å². The first-order chi connectivity index (χ1) is 14.3. The molecule has 0 fully saturated rings. The summed E-state index contributed by atoms with van der Waals surface area (Å²) in [4.78, 5) is 16.5. The Balaban J connectivity index is 1.65. The number of hydrogen-bond acceptors (Lipinski definition) is 6. The maximum Gasteiger partial charge on any atom is 0.408 e. The molecule has 0 aliphatic carbocycles. The van der Waals surface area contributed by atoms with Crippen LogP contribution in [0, 0.1) is 6.92 Å². The van der Waals surface area contributed by atoms with Crippen molar-refractivity contribution < 1.29 is 18.8 Å². The van der Waals surface area contributed by atoms with Gasteiger partial charge in [0.25, 0.3) is 0 Å². The van der Waals surface area contributed by atoms with Gasteiger partial charge in [-0.1, -0.05) is 47.6 Å². The van der Waals surface area contributed by atoms with Crippen LogP contribution in [0.1, 0.15) is 49.7 Å². The third-order valence-electron chi connectivity index (χ3n) is 4.14. The van der Waals surface area contributed by atoms with E-state index in [0.717, 1.165) is 16.9 Å². The molecule has 3 rings (SSSR count). The average molecular weight is 409 g/mol. The van der Waals surface area contributed by atoms with Gasteiger partial charge in [-0.25, -0.2) is 4.79 Å². The third kappa shape index (κ3) is 6.62. The molecule has 1 aromatic heterocycles. The van der Waals surface area contributed by atoms with Crippen LogP contribution in [0.4, 0.5) is 4.79 Å². The number of hydrogen-bond donors (Lipinski definition) is 1. The number of carbonyl (C=O) groups is 1. The Morgan fingerprint density at radius 1 is 1.07 bits per heavy atom. The van der Waals surface area contributed by atoms with Crippen molar-refractivity contribution in [2.24, 2.45) is 0 Å². The lowest BCUT2D eigenvalue weighted by Crippen LogP contribution is -2.36. The topological polar surface area (TPSA) is 86.5 Å². The maximum atomic E-state index is 12.3. The minimum absolute atomic E-state index is 0.336. The molecule has 1 atom stereocenters.